The fourth-order valence-corrected chi connectivity index (χ4v) is 2.07. The Bertz CT molecular complexity index is 568. The molecule has 2 amide bonds. The van der Waals surface area contributed by atoms with Gasteiger partial charge in [-0.3, -0.25) is 20.4 Å². The molecule has 1 aromatic carbocycles. The smallest absolute Gasteiger partial charge is 0.276 e. The van der Waals surface area contributed by atoms with Crippen LogP contribution in [0.15, 0.2) is 18.2 Å². The van der Waals surface area contributed by atoms with Crippen LogP contribution in [-0.4, -0.2) is 23.5 Å². The Kier molecular flexibility index (Phi) is 7.47. The third-order valence-electron chi connectivity index (χ3n) is 2.92. The minimum absolute atomic E-state index is 0.0519. The van der Waals surface area contributed by atoms with Crippen molar-refractivity contribution in [3.05, 3.63) is 29.3 Å². The van der Waals surface area contributed by atoms with Crippen molar-refractivity contribution >= 4 is 29.1 Å². The summed E-state index contributed by atoms with van der Waals surface area (Å²) in [5.41, 5.74) is 6.77. The van der Waals surface area contributed by atoms with Crippen molar-refractivity contribution in [1.29, 1.82) is 0 Å². The van der Waals surface area contributed by atoms with Gasteiger partial charge in [-0.05, 0) is 43.1 Å². The Morgan fingerprint density at radius 2 is 1.74 bits per heavy atom. The number of amides is 2. The first-order valence-corrected chi connectivity index (χ1v) is 7.78. The van der Waals surface area contributed by atoms with E-state index in [9.17, 15) is 9.59 Å². The standard InChI is InChI=1S/C16H23N3O3S/c1-10(2)8-13(20)17-16(23)19-18-14(21)9-22-15-11(3)6-5-7-12(15)4/h5-7,10H,8-9H2,1-4H3,(H,18,21)(H2,17,19,20,23). The summed E-state index contributed by atoms with van der Waals surface area (Å²) < 4.78 is 5.51. The molecule has 0 aromatic heterocycles. The van der Waals surface area contributed by atoms with Crippen LogP contribution in [0, 0.1) is 19.8 Å². The first kappa shape index (κ1) is 18.9. The maximum atomic E-state index is 11.7. The Balaban J connectivity index is 2.34. The number of carbonyl (C=O) groups excluding carboxylic acids is 2. The number of ether oxygens (including phenoxy) is 1. The van der Waals surface area contributed by atoms with Crippen molar-refractivity contribution in [2.75, 3.05) is 6.61 Å². The van der Waals surface area contributed by atoms with Gasteiger partial charge in [0.15, 0.2) is 11.7 Å². The van der Waals surface area contributed by atoms with Crippen LogP contribution in [0.4, 0.5) is 0 Å². The number of carbonyl (C=O) groups is 2. The van der Waals surface area contributed by atoms with Crippen LogP contribution in [0.1, 0.15) is 31.4 Å². The molecule has 0 aliphatic rings. The Morgan fingerprint density at radius 1 is 1.13 bits per heavy atom. The fourth-order valence-electron chi connectivity index (χ4n) is 1.91. The lowest BCUT2D eigenvalue weighted by Crippen LogP contribution is -2.49. The molecule has 126 valence electrons. The molecule has 0 aliphatic heterocycles. The molecule has 23 heavy (non-hydrogen) atoms. The van der Waals surface area contributed by atoms with Crippen LogP contribution < -0.4 is 20.9 Å². The van der Waals surface area contributed by atoms with Gasteiger partial charge in [0.2, 0.25) is 5.91 Å². The minimum atomic E-state index is -0.395. The lowest BCUT2D eigenvalue weighted by atomic mass is 10.1. The van der Waals surface area contributed by atoms with Crippen molar-refractivity contribution < 1.29 is 14.3 Å². The number of hydrazine groups is 1. The topological polar surface area (TPSA) is 79.5 Å². The van der Waals surface area contributed by atoms with E-state index in [1.807, 2.05) is 45.9 Å². The molecule has 0 bridgehead atoms. The van der Waals surface area contributed by atoms with Gasteiger partial charge in [-0.2, -0.15) is 0 Å². The van der Waals surface area contributed by atoms with E-state index in [1.165, 1.54) is 0 Å². The van der Waals surface area contributed by atoms with Crippen LogP contribution in [-0.2, 0) is 9.59 Å². The Labute approximate surface area is 141 Å². The van der Waals surface area contributed by atoms with Crippen LogP contribution in [0.3, 0.4) is 0 Å². The highest BCUT2D eigenvalue weighted by molar-refractivity contribution is 7.80. The minimum Gasteiger partial charge on any atom is -0.483 e. The molecule has 0 unspecified atom stereocenters. The summed E-state index contributed by atoms with van der Waals surface area (Å²) in [6, 6.07) is 5.76. The van der Waals surface area contributed by atoms with Gasteiger partial charge in [0.05, 0.1) is 0 Å². The maximum Gasteiger partial charge on any atom is 0.276 e. The summed E-state index contributed by atoms with van der Waals surface area (Å²) in [4.78, 5) is 23.3. The molecule has 1 rings (SSSR count). The zero-order valence-electron chi connectivity index (χ0n) is 13.9. The largest absolute Gasteiger partial charge is 0.483 e. The second-order valence-electron chi connectivity index (χ2n) is 5.66. The van der Waals surface area contributed by atoms with E-state index in [0.29, 0.717) is 12.2 Å². The van der Waals surface area contributed by atoms with Crippen molar-refractivity contribution in [1.82, 2.24) is 16.2 Å². The molecule has 0 saturated heterocycles. The van der Waals surface area contributed by atoms with Gasteiger partial charge in [0, 0.05) is 6.42 Å². The second-order valence-corrected chi connectivity index (χ2v) is 6.07. The molecule has 0 atom stereocenters. The number of hydrogen-bond acceptors (Lipinski definition) is 4. The number of thiocarbonyl (C=S) groups is 1. The zero-order chi connectivity index (χ0) is 17.4. The number of rotatable bonds is 5. The van der Waals surface area contributed by atoms with Gasteiger partial charge in [0.1, 0.15) is 5.75 Å². The molecule has 0 saturated carbocycles. The number of hydrogen-bond donors (Lipinski definition) is 3. The summed E-state index contributed by atoms with van der Waals surface area (Å²) in [5, 5.41) is 2.54. The highest BCUT2D eigenvalue weighted by Gasteiger charge is 2.09. The average Bonchev–Trinajstić information content (AvgIpc) is 2.43. The molecule has 0 aliphatic carbocycles. The van der Waals surface area contributed by atoms with E-state index in [-0.39, 0.29) is 23.5 Å². The summed E-state index contributed by atoms with van der Waals surface area (Å²) in [6.45, 7) is 7.54. The molecule has 1 aromatic rings. The van der Waals surface area contributed by atoms with Crippen molar-refractivity contribution in [3.8, 4) is 5.75 Å². The molecule has 0 radical (unpaired) electrons. The van der Waals surface area contributed by atoms with Gasteiger partial charge in [-0.15, -0.1) is 0 Å². The van der Waals surface area contributed by atoms with Gasteiger partial charge < -0.3 is 10.1 Å². The summed E-state index contributed by atoms with van der Waals surface area (Å²) in [7, 11) is 0. The lowest BCUT2D eigenvalue weighted by molar-refractivity contribution is -0.124. The summed E-state index contributed by atoms with van der Waals surface area (Å²) >= 11 is 4.92. The normalized spacial score (nSPS) is 10.1. The van der Waals surface area contributed by atoms with Gasteiger partial charge in [-0.25, -0.2) is 0 Å². The molecule has 7 heteroatoms. The number of benzene rings is 1. The monoisotopic (exact) mass is 337 g/mol. The third-order valence-corrected chi connectivity index (χ3v) is 3.12. The molecule has 0 spiro atoms. The van der Waals surface area contributed by atoms with E-state index < -0.39 is 5.91 Å². The van der Waals surface area contributed by atoms with E-state index >= 15 is 0 Å². The molecular weight excluding hydrogens is 314 g/mol. The van der Waals surface area contributed by atoms with Crippen LogP contribution in [0.5, 0.6) is 5.75 Å². The highest BCUT2D eigenvalue weighted by atomic mass is 32.1. The molecule has 6 nitrogen and oxygen atoms in total. The molecular formula is C16H23N3O3S. The molecule has 0 heterocycles. The van der Waals surface area contributed by atoms with Crippen molar-refractivity contribution in [2.45, 2.75) is 34.1 Å². The van der Waals surface area contributed by atoms with E-state index in [0.717, 1.165) is 11.1 Å². The molecule has 0 fully saturated rings. The van der Waals surface area contributed by atoms with Crippen molar-refractivity contribution in [2.24, 2.45) is 5.92 Å². The van der Waals surface area contributed by atoms with Crippen LogP contribution in [0.2, 0.25) is 0 Å². The maximum absolute atomic E-state index is 11.7. The second kappa shape index (κ2) is 9.09. The Hall–Kier alpha value is -2.15. The number of para-hydroxylation sites is 1. The predicted molar refractivity (Wildman–Crippen MR) is 92.9 cm³/mol. The van der Waals surface area contributed by atoms with E-state index in [2.05, 4.69) is 16.2 Å². The number of aryl methyl sites for hydroxylation is 2. The SMILES string of the molecule is Cc1cccc(C)c1OCC(=O)NNC(=S)NC(=O)CC(C)C. The van der Waals surface area contributed by atoms with E-state index in [1.54, 1.807) is 0 Å². The zero-order valence-corrected chi connectivity index (χ0v) is 14.7. The van der Waals surface area contributed by atoms with Crippen molar-refractivity contribution in [3.63, 3.8) is 0 Å². The number of nitrogens with one attached hydrogen (secondary N) is 3. The van der Waals surface area contributed by atoms with Gasteiger partial charge in [-0.1, -0.05) is 32.0 Å². The Morgan fingerprint density at radius 3 is 2.30 bits per heavy atom. The molecule has 3 N–H and O–H groups in total. The first-order valence-electron chi connectivity index (χ1n) is 7.37. The summed E-state index contributed by atoms with van der Waals surface area (Å²) in [6.07, 6.45) is 0.367. The van der Waals surface area contributed by atoms with E-state index in [4.69, 9.17) is 17.0 Å². The van der Waals surface area contributed by atoms with Gasteiger partial charge in [0.25, 0.3) is 5.91 Å². The van der Waals surface area contributed by atoms with Crippen LogP contribution >= 0.6 is 12.2 Å². The third kappa shape index (κ3) is 7.10. The fraction of sp³-hybridized carbons (Fsp3) is 0.438. The average molecular weight is 337 g/mol. The predicted octanol–water partition coefficient (Wildman–Crippen LogP) is 1.75. The quantitative estimate of drug-likeness (QED) is 0.563. The first-order chi connectivity index (χ1) is 10.8. The van der Waals surface area contributed by atoms with Gasteiger partial charge >= 0.3 is 0 Å². The van der Waals surface area contributed by atoms with Crippen LogP contribution in [0.25, 0.3) is 0 Å². The summed E-state index contributed by atoms with van der Waals surface area (Å²) in [5.74, 6) is 0.334. The highest BCUT2D eigenvalue weighted by Crippen LogP contribution is 2.21. The lowest BCUT2D eigenvalue weighted by Gasteiger charge is -2.13.